The first-order valence-corrected chi connectivity index (χ1v) is 8.93. The third-order valence-corrected chi connectivity index (χ3v) is 4.90. The predicted molar refractivity (Wildman–Crippen MR) is 102 cm³/mol. The van der Waals surface area contributed by atoms with Gasteiger partial charge in [0.1, 0.15) is 12.1 Å². The highest BCUT2D eigenvalue weighted by Gasteiger charge is 2.49. The number of rotatable bonds is 6. The van der Waals surface area contributed by atoms with Crippen LogP contribution in [0.2, 0.25) is 0 Å². The lowest BCUT2D eigenvalue weighted by molar-refractivity contribution is -0.134. The van der Waals surface area contributed by atoms with Gasteiger partial charge in [0.2, 0.25) is 5.91 Å². The fourth-order valence-electron chi connectivity index (χ4n) is 3.17. The molecule has 1 fully saturated rings. The summed E-state index contributed by atoms with van der Waals surface area (Å²) < 4.78 is 0. The van der Waals surface area contributed by atoms with Crippen LogP contribution in [-0.2, 0) is 15.1 Å². The van der Waals surface area contributed by atoms with E-state index < -0.39 is 17.5 Å². The van der Waals surface area contributed by atoms with E-state index >= 15 is 0 Å². The Balaban J connectivity index is 1.61. The number of amides is 4. The smallest absolute Gasteiger partial charge is 0.325 e. The Labute approximate surface area is 158 Å². The molecular weight excluding hydrogens is 342 g/mol. The molecule has 0 spiro atoms. The first kappa shape index (κ1) is 18.6. The lowest BCUT2D eigenvalue weighted by atomic mass is 9.92. The van der Waals surface area contributed by atoms with Gasteiger partial charge in [-0.05, 0) is 24.0 Å². The molecule has 0 bridgehead atoms. The van der Waals surface area contributed by atoms with Crippen LogP contribution in [0.5, 0.6) is 0 Å². The largest absolute Gasteiger partial charge is 0.354 e. The Morgan fingerprint density at radius 2 is 1.67 bits per heavy atom. The number of hydrogen-bond acceptors (Lipinski definition) is 3. The summed E-state index contributed by atoms with van der Waals surface area (Å²) in [6.45, 7) is 3.80. The van der Waals surface area contributed by atoms with E-state index in [9.17, 15) is 14.4 Å². The molecule has 6 nitrogen and oxygen atoms in total. The second-order valence-electron chi connectivity index (χ2n) is 6.93. The van der Waals surface area contributed by atoms with Crippen LogP contribution in [0.4, 0.5) is 4.79 Å². The van der Waals surface area contributed by atoms with Gasteiger partial charge in [0.05, 0.1) is 0 Å². The highest BCUT2D eigenvalue weighted by Crippen LogP contribution is 2.28. The average Bonchev–Trinajstić information content (AvgIpc) is 2.91. The van der Waals surface area contributed by atoms with Crippen LogP contribution in [0.3, 0.4) is 0 Å². The number of nitrogens with zero attached hydrogens (tertiary/aromatic N) is 1. The molecule has 4 amide bonds. The van der Waals surface area contributed by atoms with Crippen LogP contribution in [-0.4, -0.2) is 35.8 Å². The van der Waals surface area contributed by atoms with Crippen molar-refractivity contribution in [1.29, 1.82) is 0 Å². The van der Waals surface area contributed by atoms with Crippen LogP contribution in [0.1, 0.15) is 30.9 Å². The molecule has 2 aromatic carbocycles. The maximum Gasteiger partial charge on any atom is 0.325 e. The molecule has 0 aromatic heterocycles. The summed E-state index contributed by atoms with van der Waals surface area (Å²) in [6.07, 6.45) is 0. The van der Waals surface area contributed by atoms with Gasteiger partial charge in [-0.15, -0.1) is 0 Å². The number of urea groups is 1. The summed E-state index contributed by atoms with van der Waals surface area (Å²) in [7, 11) is 0. The van der Waals surface area contributed by atoms with E-state index in [2.05, 4.69) is 10.6 Å². The second-order valence-corrected chi connectivity index (χ2v) is 6.93. The second kappa shape index (κ2) is 7.61. The van der Waals surface area contributed by atoms with Crippen molar-refractivity contribution in [3.63, 3.8) is 0 Å². The topological polar surface area (TPSA) is 78.5 Å². The summed E-state index contributed by atoms with van der Waals surface area (Å²) in [4.78, 5) is 38.3. The molecule has 0 saturated carbocycles. The number of carbonyl (C=O) groups excluding carboxylic acids is 3. The standard InChI is InChI=1S/C21H23N3O3/c1-15(16-9-5-3-6-10-16)13-22-18(25)14-24-19(26)21(2,23-20(24)27)17-11-7-4-8-12-17/h3-12,15H,13-14H2,1-2H3,(H,22,25)(H,23,27)/t15-,21-/m0/s1. The maximum absolute atomic E-state index is 12.8. The van der Waals surface area contributed by atoms with Crippen LogP contribution < -0.4 is 10.6 Å². The van der Waals surface area contributed by atoms with E-state index in [-0.39, 0.29) is 18.4 Å². The quantitative estimate of drug-likeness (QED) is 0.772. The zero-order valence-corrected chi connectivity index (χ0v) is 15.4. The average molecular weight is 365 g/mol. The third kappa shape index (κ3) is 3.84. The Kier molecular flexibility index (Phi) is 5.26. The van der Waals surface area contributed by atoms with E-state index in [0.717, 1.165) is 10.5 Å². The van der Waals surface area contributed by atoms with E-state index in [1.807, 2.05) is 43.3 Å². The van der Waals surface area contributed by atoms with Gasteiger partial charge in [-0.3, -0.25) is 14.5 Å². The van der Waals surface area contributed by atoms with Crippen LogP contribution in [0.25, 0.3) is 0 Å². The zero-order valence-electron chi connectivity index (χ0n) is 15.4. The van der Waals surface area contributed by atoms with Crippen LogP contribution in [0.15, 0.2) is 60.7 Å². The molecule has 1 saturated heterocycles. The van der Waals surface area contributed by atoms with Crippen molar-refractivity contribution in [2.24, 2.45) is 0 Å². The van der Waals surface area contributed by atoms with E-state index in [1.165, 1.54) is 0 Å². The van der Waals surface area contributed by atoms with E-state index in [4.69, 9.17) is 0 Å². The molecule has 3 rings (SSSR count). The van der Waals surface area contributed by atoms with Crippen molar-refractivity contribution in [3.05, 3.63) is 71.8 Å². The van der Waals surface area contributed by atoms with Crippen LogP contribution >= 0.6 is 0 Å². The minimum Gasteiger partial charge on any atom is -0.354 e. The molecule has 27 heavy (non-hydrogen) atoms. The van der Waals surface area contributed by atoms with Gasteiger partial charge in [-0.25, -0.2) is 4.79 Å². The number of nitrogens with one attached hydrogen (secondary N) is 2. The summed E-state index contributed by atoms with van der Waals surface area (Å²) in [5.74, 6) is -0.656. The fraction of sp³-hybridized carbons (Fsp3) is 0.286. The van der Waals surface area contributed by atoms with Gasteiger partial charge < -0.3 is 10.6 Å². The molecule has 1 aliphatic heterocycles. The van der Waals surface area contributed by atoms with Crippen LogP contribution in [0, 0.1) is 0 Å². The third-order valence-electron chi connectivity index (χ3n) is 4.90. The highest BCUT2D eigenvalue weighted by atomic mass is 16.2. The Morgan fingerprint density at radius 3 is 2.30 bits per heavy atom. The molecule has 0 aliphatic carbocycles. The monoisotopic (exact) mass is 365 g/mol. The summed E-state index contributed by atoms with van der Waals surface area (Å²) in [6, 6.07) is 18.3. The van der Waals surface area contributed by atoms with Crippen molar-refractivity contribution in [2.45, 2.75) is 25.3 Å². The lowest BCUT2D eigenvalue weighted by Crippen LogP contribution is -2.43. The molecule has 6 heteroatoms. The Morgan fingerprint density at radius 1 is 1.07 bits per heavy atom. The number of hydrogen-bond donors (Lipinski definition) is 2. The summed E-state index contributed by atoms with van der Waals surface area (Å²) in [5, 5.41) is 5.50. The molecule has 140 valence electrons. The molecule has 1 heterocycles. The lowest BCUT2D eigenvalue weighted by Gasteiger charge is -2.22. The Bertz CT molecular complexity index is 838. The highest BCUT2D eigenvalue weighted by molar-refractivity contribution is 6.09. The molecule has 1 aliphatic rings. The SMILES string of the molecule is C[C@@H](CNC(=O)CN1C(=O)N[C@@](C)(c2ccccc2)C1=O)c1ccccc1. The zero-order chi connectivity index (χ0) is 19.4. The molecule has 2 aromatic rings. The fourth-order valence-corrected chi connectivity index (χ4v) is 3.17. The van der Waals surface area contributed by atoms with Gasteiger partial charge in [0.15, 0.2) is 0 Å². The van der Waals surface area contributed by atoms with Crippen molar-refractivity contribution >= 4 is 17.8 Å². The van der Waals surface area contributed by atoms with Crippen molar-refractivity contribution < 1.29 is 14.4 Å². The van der Waals surface area contributed by atoms with Crippen molar-refractivity contribution in [3.8, 4) is 0 Å². The van der Waals surface area contributed by atoms with E-state index in [1.54, 1.807) is 31.2 Å². The molecule has 2 N–H and O–H groups in total. The first-order valence-electron chi connectivity index (χ1n) is 8.93. The van der Waals surface area contributed by atoms with E-state index in [0.29, 0.717) is 12.1 Å². The normalized spacial score (nSPS) is 20.3. The molecular formula is C21H23N3O3. The predicted octanol–water partition coefficient (Wildman–Crippen LogP) is 2.37. The number of carbonyl (C=O) groups is 3. The van der Waals surface area contributed by atoms with Gasteiger partial charge >= 0.3 is 6.03 Å². The minimum absolute atomic E-state index is 0.132. The first-order chi connectivity index (χ1) is 12.9. The van der Waals surface area contributed by atoms with Gasteiger partial charge in [-0.1, -0.05) is 67.6 Å². The van der Waals surface area contributed by atoms with Crippen molar-refractivity contribution in [2.75, 3.05) is 13.1 Å². The van der Waals surface area contributed by atoms with Gasteiger partial charge in [-0.2, -0.15) is 0 Å². The van der Waals surface area contributed by atoms with Gasteiger partial charge in [0, 0.05) is 6.54 Å². The molecule has 0 radical (unpaired) electrons. The summed E-state index contributed by atoms with van der Waals surface area (Å²) in [5.41, 5.74) is 0.643. The number of imide groups is 1. The van der Waals surface area contributed by atoms with Gasteiger partial charge in [0.25, 0.3) is 5.91 Å². The van der Waals surface area contributed by atoms with Crippen molar-refractivity contribution in [1.82, 2.24) is 15.5 Å². The number of benzene rings is 2. The Hall–Kier alpha value is -3.15. The molecule has 2 atom stereocenters. The maximum atomic E-state index is 12.8. The minimum atomic E-state index is -1.16. The summed E-state index contributed by atoms with van der Waals surface area (Å²) >= 11 is 0. The molecule has 0 unspecified atom stereocenters.